The van der Waals surface area contributed by atoms with Gasteiger partial charge in [-0.25, -0.2) is 4.39 Å². The van der Waals surface area contributed by atoms with Gasteiger partial charge in [-0.3, -0.25) is 9.69 Å². The summed E-state index contributed by atoms with van der Waals surface area (Å²) >= 11 is 6.12. The molecule has 7 heteroatoms. The minimum atomic E-state index is -0.293. The van der Waals surface area contributed by atoms with Gasteiger partial charge in [-0.1, -0.05) is 17.7 Å². The van der Waals surface area contributed by atoms with Crippen LogP contribution in [0.25, 0.3) is 0 Å². The standard InChI is InChI=1S/C21H24ClFN2O3/c1-27-15-6-7-19(20(12-15)28-2)24-21(26)14-8-10-25(11-9-14)13-16-17(22)4-3-5-18(16)23/h3-7,12,14H,8-11,13H2,1-2H3,(H,24,26). The highest BCUT2D eigenvalue weighted by atomic mass is 35.5. The fourth-order valence-corrected chi connectivity index (χ4v) is 3.62. The molecule has 3 rings (SSSR count). The second kappa shape index (κ2) is 9.26. The Morgan fingerprint density at radius 2 is 1.96 bits per heavy atom. The van der Waals surface area contributed by atoms with E-state index in [1.165, 1.54) is 6.07 Å². The molecular weight excluding hydrogens is 383 g/mol. The number of amides is 1. The van der Waals surface area contributed by atoms with E-state index in [4.69, 9.17) is 21.1 Å². The van der Waals surface area contributed by atoms with Crippen LogP contribution in [0.4, 0.5) is 10.1 Å². The Bertz CT molecular complexity index is 818. The Hall–Kier alpha value is -2.31. The molecule has 28 heavy (non-hydrogen) atoms. The Morgan fingerprint density at radius 1 is 1.21 bits per heavy atom. The van der Waals surface area contributed by atoms with E-state index < -0.39 is 0 Å². The van der Waals surface area contributed by atoms with Gasteiger partial charge in [0, 0.05) is 29.1 Å². The predicted octanol–water partition coefficient (Wildman–Crippen LogP) is 4.35. The van der Waals surface area contributed by atoms with Gasteiger partial charge in [0.2, 0.25) is 5.91 Å². The molecule has 150 valence electrons. The normalized spacial score (nSPS) is 15.3. The lowest BCUT2D eigenvalue weighted by Crippen LogP contribution is -2.38. The molecule has 0 aromatic heterocycles. The molecule has 1 heterocycles. The lowest BCUT2D eigenvalue weighted by atomic mass is 9.95. The molecular formula is C21H24ClFN2O3. The molecule has 5 nitrogen and oxygen atoms in total. The zero-order chi connectivity index (χ0) is 20.1. The summed E-state index contributed by atoms with van der Waals surface area (Å²) < 4.78 is 24.5. The summed E-state index contributed by atoms with van der Waals surface area (Å²) in [5.74, 6) is 0.791. The fraction of sp³-hybridized carbons (Fsp3) is 0.381. The van der Waals surface area contributed by atoms with E-state index in [-0.39, 0.29) is 17.6 Å². The summed E-state index contributed by atoms with van der Waals surface area (Å²) in [7, 11) is 3.13. The van der Waals surface area contributed by atoms with Gasteiger partial charge in [0.25, 0.3) is 0 Å². The first-order chi connectivity index (χ1) is 13.5. The number of ether oxygens (including phenoxy) is 2. The SMILES string of the molecule is COc1ccc(NC(=O)C2CCN(Cc3c(F)cccc3Cl)CC2)c(OC)c1. The Labute approximate surface area is 169 Å². The zero-order valence-electron chi connectivity index (χ0n) is 16.0. The monoisotopic (exact) mass is 406 g/mol. The third-order valence-electron chi connectivity index (χ3n) is 5.07. The van der Waals surface area contributed by atoms with Crippen molar-refractivity contribution < 1.29 is 18.7 Å². The highest BCUT2D eigenvalue weighted by Gasteiger charge is 2.26. The van der Waals surface area contributed by atoms with Gasteiger partial charge in [0.05, 0.1) is 19.9 Å². The fourth-order valence-electron chi connectivity index (χ4n) is 3.40. The average molecular weight is 407 g/mol. The number of benzene rings is 2. The Kier molecular flexibility index (Phi) is 6.75. The molecule has 1 N–H and O–H groups in total. The van der Waals surface area contributed by atoms with Crippen LogP contribution in [0.5, 0.6) is 11.5 Å². The Morgan fingerprint density at radius 3 is 2.61 bits per heavy atom. The van der Waals surface area contributed by atoms with Crippen molar-refractivity contribution in [1.82, 2.24) is 4.90 Å². The lowest BCUT2D eigenvalue weighted by Gasteiger charge is -2.31. The molecule has 2 aromatic rings. The maximum atomic E-state index is 14.0. The number of hydrogen-bond donors (Lipinski definition) is 1. The van der Waals surface area contributed by atoms with E-state index in [1.807, 2.05) is 0 Å². The smallest absolute Gasteiger partial charge is 0.227 e. The molecule has 0 radical (unpaired) electrons. The van der Waals surface area contributed by atoms with Crippen molar-refractivity contribution in [3.05, 3.63) is 52.8 Å². The van der Waals surface area contributed by atoms with Crippen LogP contribution >= 0.6 is 11.6 Å². The summed E-state index contributed by atoms with van der Waals surface area (Å²) in [6, 6.07) is 10.00. The van der Waals surface area contributed by atoms with E-state index in [2.05, 4.69) is 10.2 Å². The van der Waals surface area contributed by atoms with Crippen molar-refractivity contribution >= 4 is 23.2 Å². The zero-order valence-corrected chi connectivity index (χ0v) is 16.8. The van der Waals surface area contributed by atoms with Gasteiger partial charge in [0.15, 0.2) is 0 Å². The van der Waals surface area contributed by atoms with Crippen LogP contribution in [-0.2, 0) is 11.3 Å². The van der Waals surface area contributed by atoms with Crippen LogP contribution in [0.2, 0.25) is 5.02 Å². The van der Waals surface area contributed by atoms with Crippen molar-refractivity contribution in [3.8, 4) is 11.5 Å². The van der Waals surface area contributed by atoms with Gasteiger partial charge >= 0.3 is 0 Å². The van der Waals surface area contributed by atoms with E-state index >= 15 is 0 Å². The predicted molar refractivity (Wildman–Crippen MR) is 108 cm³/mol. The number of rotatable bonds is 6. The first-order valence-electron chi connectivity index (χ1n) is 9.20. The quantitative estimate of drug-likeness (QED) is 0.775. The molecule has 1 saturated heterocycles. The highest BCUT2D eigenvalue weighted by molar-refractivity contribution is 6.31. The van der Waals surface area contributed by atoms with Crippen LogP contribution in [0.1, 0.15) is 18.4 Å². The molecule has 0 unspecified atom stereocenters. The number of piperidine rings is 1. The van der Waals surface area contributed by atoms with Gasteiger partial charge in [0.1, 0.15) is 17.3 Å². The van der Waals surface area contributed by atoms with E-state index in [0.717, 1.165) is 0 Å². The number of anilines is 1. The largest absolute Gasteiger partial charge is 0.497 e. The maximum absolute atomic E-state index is 14.0. The van der Waals surface area contributed by atoms with E-state index in [1.54, 1.807) is 44.6 Å². The number of carbonyl (C=O) groups excluding carboxylic acids is 1. The minimum absolute atomic E-state index is 0.0351. The summed E-state index contributed by atoms with van der Waals surface area (Å²) in [4.78, 5) is 14.8. The highest BCUT2D eigenvalue weighted by Crippen LogP contribution is 2.30. The average Bonchev–Trinajstić information content (AvgIpc) is 2.71. The Balaban J connectivity index is 1.57. The number of nitrogens with zero attached hydrogens (tertiary/aromatic N) is 1. The van der Waals surface area contributed by atoms with Gasteiger partial charge in [-0.2, -0.15) is 0 Å². The van der Waals surface area contributed by atoms with E-state index in [9.17, 15) is 9.18 Å². The summed E-state index contributed by atoms with van der Waals surface area (Å²) in [6.07, 6.45) is 1.41. The molecule has 0 spiro atoms. The number of carbonyl (C=O) groups is 1. The van der Waals surface area contributed by atoms with Crippen molar-refractivity contribution in [3.63, 3.8) is 0 Å². The molecule has 0 aliphatic carbocycles. The van der Waals surface area contributed by atoms with Crippen molar-refractivity contribution in [1.29, 1.82) is 0 Å². The molecule has 0 saturated carbocycles. The number of hydrogen-bond acceptors (Lipinski definition) is 4. The molecule has 1 fully saturated rings. The van der Waals surface area contributed by atoms with Crippen molar-refractivity contribution in [2.45, 2.75) is 19.4 Å². The van der Waals surface area contributed by atoms with Crippen LogP contribution in [-0.4, -0.2) is 38.1 Å². The maximum Gasteiger partial charge on any atom is 0.227 e. The topological polar surface area (TPSA) is 50.8 Å². The number of methoxy groups -OCH3 is 2. The molecule has 2 aromatic carbocycles. The first kappa shape index (κ1) is 20.4. The third kappa shape index (κ3) is 4.75. The van der Waals surface area contributed by atoms with Crippen molar-refractivity contribution in [2.75, 3.05) is 32.6 Å². The van der Waals surface area contributed by atoms with Crippen LogP contribution in [0.3, 0.4) is 0 Å². The summed E-state index contributed by atoms with van der Waals surface area (Å²) in [5.41, 5.74) is 1.13. The van der Waals surface area contributed by atoms with Crippen LogP contribution < -0.4 is 14.8 Å². The number of nitrogens with one attached hydrogen (secondary N) is 1. The van der Waals surface area contributed by atoms with Gasteiger partial charge in [-0.05, 0) is 50.2 Å². The number of halogens is 2. The van der Waals surface area contributed by atoms with E-state index in [0.29, 0.717) is 60.2 Å². The molecule has 1 aliphatic rings. The molecule has 1 amide bonds. The van der Waals surface area contributed by atoms with Crippen LogP contribution in [0.15, 0.2) is 36.4 Å². The third-order valence-corrected chi connectivity index (χ3v) is 5.42. The molecule has 0 atom stereocenters. The van der Waals surface area contributed by atoms with Crippen LogP contribution in [0, 0.1) is 11.7 Å². The number of likely N-dealkylation sites (tertiary alicyclic amines) is 1. The minimum Gasteiger partial charge on any atom is -0.497 e. The summed E-state index contributed by atoms with van der Waals surface area (Å²) in [6.45, 7) is 1.87. The summed E-state index contributed by atoms with van der Waals surface area (Å²) in [5, 5.41) is 3.38. The molecule has 1 aliphatic heterocycles. The second-order valence-corrected chi connectivity index (χ2v) is 7.21. The van der Waals surface area contributed by atoms with Crippen molar-refractivity contribution in [2.24, 2.45) is 5.92 Å². The second-order valence-electron chi connectivity index (χ2n) is 6.81. The lowest BCUT2D eigenvalue weighted by molar-refractivity contribution is -0.121. The molecule has 0 bridgehead atoms. The van der Waals surface area contributed by atoms with Gasteiger partial charge < -0.3 is 14.8 Å². The van der Waals surface area contributed by atoms with Gasteiger partial charge in [-0.15, -0.1) is 0 Å². The first-order valence-corrected chi connectivity index (χ1v) is 9.57.